The second-order valence-corrected chi connectivity index (χ2v) is 7.38. The molecule has 3 N–H and O–H groups in total. The number of hydrogen-bond donors (Lipinski definition) is 2. The number of carbonyl (C=O) groups excluding carboxylic acids is 2. The van der Waals surface area contributed by atoms with E-state index in [0.29, 0.717) is 31.5 Å². The zero-order chi connectivity index (χ0) is 20.0. The number of hydrogen-bond acceptors (Lipinski definition) is 4. The lowest BCUT2D eigenvalue weighted by Gasteiger charge is -2.28. The molecule has 2 aliphatic rings. The van der Waals surface area contributed by atoms with Gasteiger partial charge in [0.25, 0.3) is 5.91 Å². The Kier molecular flexibility index (Phi) is 4.08. The molecule has 2 aliphatic heterocycles. The summed E-state index contributed by atoms with van der Waals surface area (Å²) in [6.07, 6.45) is 0.841. The number of primary amides is 1. The number of amides is 2. The number of rotatable bonds is 3. The average molecular weight is 388 g/mol. The molecule has 2 amide bonds. The average Bonchev–Trinajstić information content (AvgIpc) is 3.36. The first kappa shape index (κ1) is 17.5. The number of aromatic amines is 1. The van der Waals surface area contributed by atoms with Gasteiger partial charge in [-0.3, -0.25) is 9.59 Å². The van der Waals surface area contributed by atoms with Crippen molar-refractivity contribution in [3.05, 3.63) is 71.0 Å². The molecule has 0 aliphatic carbocycles. The minimum Gasteiger partial charge on any atom is -0.480 e. The van der Waals surface area contributed by atoms with E-state index in [-0.39, 0.29) is 5.91 Å². The maximum absolute atomic E-state index is 13.0. The number of nitrogens with one attached hydrogen (secondary N) is 1. The third-order valence-corrected chi connectivity index (χ3v) is 5.51. The third kappa shape index (κ3) is 3.14. The van der Waals surface area contributed by atoms with Gasteiger partial charge in [-0.1, -0.05) is 30.3 Å². The Labute approximate surface area is 167 Å². The van der Waals surface area contributed by atoms with E-state index in [1.807, 2.05) is 41.3 Å². The molecule has 7 heteroatoms. The van der Waals surface area contributed by atoms with E-state index in [0.717, 1.165) is 34.1 Å². The molecule has 0 unspecified atom stereocenters. The molecule has 3 aromatic rings. The number of nitrogens with zero attached hydrogens (tertiary/aromatic N) is 2. The molecule has 0 fully saturated rings. The van der Waals surface area contributed by atoms with Gasteiger partial charge < -0.3 is 20.4 Å². The quantitative estimate of drug-likeness (QED) is 0.717. The Morgan fingerprint density at radius 3 is 2.69 bits per heavy atom. The first-order chi connectivity index (χ1) is 14.1. The van der Waals surface area contributed by atoms with E-state index in [1.54, 1.807) is 12.1 Å². The zero-order valence-corrected chi connectivity index (χ0v) is 15.7. The van der Waals surface area contributed by atoms with Crippen LogP contribution in [0.2, 0.25) is 0 Å². The van der Waals surface area contributed by atoms with E-state index >= 15 is 0 Å². The highest BCUT2D eigenvalue weighted by Crippen LogP contribution is 2.30. The fraction of sp³-hybridized carbons (Fsp3) is 0.227. The standard InChI is InChI=1S/C22H20N4O3/c23-20(27)13-5-7-14(8-6-13)21-24-16-9-10-26(12-17(16)25-21)22(28)19-11-15-3-1-2-4-18(15)29-19/h1-8,19H,9-12H2,(H2,23,27)(H,24,25)/t19-/m0/s1. The largest absolute Gasteiger partial charge is 0.480 e. The van der Waals surface area contributed by atoms with E-state index in [2.05, 4.69) is 9.97 Å². The summed E-state index contributed by atoms with van der Waals surface area (Å²) in [6, 6.07) is 14.8. The smallest absolute Gasteiger partial charge is 0.264 e. The topological polar surface area (TPSA) is 101 Å². The number of H-pyrrole nitrogens is 1. The predicted octanol–water partition coefficient (Wildman–Crippen LogP) is 2.06. The van der Waals surface area contributed by atoms with Crippen LogP contribution in [-0.2, 0) is 24.2 Å². The number of fused-ring (bicyclic) bond motifs is 2. The molecular formula is C22H20N4O3. The summed E-state index contributed by atoms with van der Waals surface area (Å²) in [7, 11) is 0. The van der Waals surface area contributed by atoms with Gasteiger partial charge in [-0.2, -0.15) is 0 Å². The molecule has 29 heavy (non-hydrogen) atoms. The number of nitrogens with two attached hydrogens (primary N) is 1. The van der Waals surface area contributed by atoms with Crippen molar-refractivity contribution in [2.45, 2.75) is 25.5 Å². The first-order valence-electron chi connectivity index (χ1n) is 9.60. The lowest BCUT2D eigenvalue weighted by molar-refractivity contribution is -0.138. The number of aromatic nitrogens is 2. The van der Waals surface area contributed by atoms with Gasteiger partial charge in [0.1, 0.15) is 11.6 Å². The molecule has 2 aromatic carbocycles. The van der Waals surface area contributed by atoms with E-state index < -0.39 is 12.0 Å². The van der Waals surface area contributed by atoms with Crippen LogP contribution in [0.5, 0.6) is 5.75 Å². The maximum atomic E-state index is 13.0. The van der Waals surface area contributed by atoms with Gasteiger partial charge in [-0.15, -0.1) is 0 Å². The highest BCUT2D eigenvalue weighted by molar-refractivity contribution is 5.93. The van der Waals surface area contributed by atoms with Crippen LogP contribution < -0.4 is 10.5 Å². The van der Waals surface area contributed by atoms with Crippen LogP contribution in [-0.4, -0.2) is 39.3 Å². The predicted molar refractivity (Wildman–Crippen MR) is 106 cm³/mol. The van der Waals surface area contributed by atoms with Crippen molar-refractivity contribution in [2.75, 3.05) is 6.54 Å². The summed E-state index contributed by atoms with van der Waals surface area (Å²) in [5.41, 5.74) is 9.61. The molecule has 146 valence electrons. The third-order valence-electron chi connectivity index (χ3n) is 5.51. The van der Waals surface area contributed by atoms with Crippen molar-refractivity contribution in [1.82, 2.24) is 14.9 Å². The van der Waals surface area contributed by atoms with Crippen LogP contribution >= 0.6 is 0 Å². The Morgan fingerprint density at radius 2 is 1.93 bits per heavy atom. The van der Waals surface area contributed by atoms with Crippen LogP contribution in [0.1, 0.15) is 27.3 Å². The van der Waals surface area contributed by atoms with Gasteiger partial charge in [0.05, 0.1) is 17.9 Å². The number of ether oxygens (including phenoxy) is 1. The Hall–Kier alpha value is -3.61. The van der Waals surface area contributed by atoms with Crippen molar-refractivity contribution in [3.63, 3.8) is 0 Å². The summed E-state index contributed by atoms with van der Waals surface area (Å²) >= 11 is 0. The van der Waals surface area contributed by atoms with Crippen molar-refractivity contribution in [3.8, 4) is 17.1 Å². The first-order valence-corrected chi connectivity index (χ1v) is 9.60. The van der Waals surface area contributed by atoms with E-state index in [4.69, 9.17) is 10.5 Å². The van der Waals surface area contributed by atoms with Crippen LogP contribution in [0.25, 0.3) is 11.4 Å². The van der Waals surface area contributed by atoms with Crippen LogP contribution in [0, 0.1) is 0 Å². The van der Waals surface area contributed by atoms with Gasteiger partial charge in [-0.05, 0) is 23.8 Å². The Morgan fingerprint density at radius 1 is 1.14 bits per heavy atom. The molecule has 0 radical (unpaired) electrons. The number of carbonyl (C=O) groups is 2. The van der Waals surface area contributed by atoms with Gasteiger partial charge in [-0.25, -0.2) is 4.98 Å². The molecule has 1 atom stereocenters. The van der Waals surface area contributed by atoms with Crippen molar-refractivity contribution < 1.29 is 14.3 Å². The van der Waals surface area contributed by atoms with Crippen molar-refractivity contribution in [2.24, 2.45) is 5.73 Å². The van der Waals surface area contributed by atoms with Gasteiger partial charge in [0.15, 0.2) is 6.10 Å². The minimum atomic E-state index is -0.460. The summed E-state index contributed by atoms with van der Waals surface area (Å²) in [5.74, 6) is 1.08. The zero-order valence-electron chi connectivity index (χ0n) is 15.7. The number of benzene rings is 2. The number of para-hydroxylation sites is 1. The fourth-order valence-corrected chi connectivity index (χ4v) is 3.93. The molecular weight excluding hydrogens is 368 g/mol. The van der Waals surface area contributed by atoms with Gasteiger partial charge in [0.2, 0.25) is 5.91 Å². The lowest BCUT2D eigenvalue weighted by atomic mass is 10.1. The molecule has 5 rings (SSSR count). The second kappa shape index (κ2) is 6.77. The molecule has 3 heterocycles. The maximum Gasteiger partial charge on any atom is 0.264 e. The molecule has 0 saturated heterocycles. The molecule has 0 bridgehead atoms. The molecule has 0 spiro atoms. The fourth-order valence-electron chi connectivity index (χ4n) is 3.93. The normalized spacial score (nSPS) is 17.4. The summed E-state index contributed by atoms with van der Waals surface area (Å²) < 4.78 is 5.86. The summed E-state index contributed by atoms with van der Waals surface area (Å²) in [6.45, 7) is 1.10. The monoisotopic (exact) mass is 388 g/mol. The Bertz CT molecular complexity index is 1080. The molecule has 1 aromatic heterocycles. The van der Waals surface area contributed by atoms with Gasteiger partial charge >= 0.3 is 0 Å². The summed E-state index contributed by atoms with van der Waals surface area (Å²) in [4.78, 5) is 34.1. The van der Waals surface area contributed by atoms with Gasteiger partial charge in [0, 0.05) is 30.5 Å². The van der Waals surface area contributed by atoms with Crippen LogP contribution in [0.15, 0.2) is 48.5 Å². The Balaban J connectivity index is 1.31. The van der Waals surface area contributed by atoms with Crippen LogP contribution in [0.4, 0.5) is 0 Å². The van der Waals surface area contributed by atoms with E-state index in [9.17, 15) is 9.59 Å². The highest BCUT2D eigenvalue weighted by Gasteiger charge is 2.34. The molecule has 0 saturated carbocycles. The minimum absolute atomic E-state index is 0.00816. The lowest BCUT2D eigenvalue weighted by Crippen LogP contribution is -2.43. The summed E-state index contributed by atoms with van der Waals surface area (Å²) in [5, 5.41) is 0. The van der Waals surface area contributed by atoms with Crippen LogP contribution in [0.3, 0.4) is 0 Å². The van der Waals surface area contributed by atoms with Crippen molar-refractivity contribution >= 4 is 11.8 Å². The number of imidazole rings is 1. The SMILES string of the molecule is NC(=O)c1ccc(-c2nc3c([nH]2)CN(C(=O)[C@@H]2Cc4ccccc4O2)CC3)cc1. The highest BCUT2D eigenvalue weighted by atomic mass is 16.5. The second-order valence-electron chi connectivity index (χ2n) is 7.38. The van der Waals surface area contributed by atoms with Crippen molar-refractivity contribution in [1.29, 1.82) is 0 Å². The van der Waals surface area contributed by atoms with E-state index in [1.165, 1.54) is 0 Å². The molecule has 7 nitrogen and oxygen atoms in total.